The van der Waals surface area contributed by atoms with Crippen molar-refractivity contribution >= 4 is 34.8 Å². The molecule has 0 N–H and O–H groups in total. The Hall–Kier alpha value is -1.78. The van der Waals surface area contributed by atoms with E-state index in [2.05, 4.69) is 32.6 Å². The van der Waals surface area contributed by atoms with Crippen LogP contribution in [0, 0.1) is 10.8 Å². The Labute approximate surface area is 194 Å². The third-order valence-electron chi connectivity index (χ3n) is 6.74. The number of carbonyl (C=O) groups excluding carboxylic acids is 2. The molecule has 0 amide bonds. The van der Waals surface area contributed by atoms with Gasteiger partial charge in [-0.05, 0) is 41.4 Å². The molecule has 4 nitrogen and oxygen atoms in total. The lowest BCUT2D eigenvalue weighted by atomic mass is 9.64. The minimum atomic E-state index is -0.450. The van der Waals surface area contributed by atoms with Gasteiger partial charge in [-0.3, -0.25) is 9.59 Å². The Kier molecular flexibility index (Phi) is 5.34. The number of ether oxygens (including phenoxy) is 1. The molecule has 0 spiro atoms. The van der Waals surface area contributed by atoms with Crippen LogP contribution in [-0.2, 0) is 9.59 Å². The molecule has 0 saturated carbocycles. The molecule has 0 saturated heterocycles. The molecule has 2 aliphatic carbocycles. The van der Waals surface area contributed by atoms with E-state index in [4.69, 9.17) is 27.9 Å². The first-order valence-corrected chi connectivity index (χ1v) is 11.4. The SMILES string of the molecule is COc1c(Cl)cc(C2C3=C(CC(C)(C)CC3=O)N(C)C3=C2C(=O)CC(C)(C)C3)cc1Cl. The van der Waals surface area contributed by atoms with Gasteiger partial charge in [0.2, 0.25) is 0 Å². The number of rotatable bonds is 2. The Morgan fingerprint density at radius 2 is 1.29 bits per heavy atom. The molecule has 3 aliphatic rings. The number of carbonyl (C=O) groups is 2. The second kappa shape index (κ2) is 7.38. The first-order chi connectivity index (χ1) is 14.3. The van der Waals surface area contributed by atoms with Gasteiger partial charge in [0.15, 0.2) is 17.3 Å². The number of hydrogen-bond donors (Lipinski definition) is 0. The summed E-state index contributed by atoms with van der Waals surface area (Å²) < 4.78 is 5.32. The highest BCUT2D eigenvalue weighted by Crippen LogP contribution is 2.54. The molecule has 1 heterocycles. The summed E-state index contributed by atoms with van der Waals surface area (Å²) >= 11 is 12.9. The van der Waals surface area contributed by atoms with Crippen molar-refractivity contribution in [3.8, 4) is 5.75 Å². The van der Waals surface area contributed by atoms with Gasteiger partial charge in [0, 0.05) is 48.3 Å². The minimum absolute atomic E-state index is 0.0929. The van der Waals surface area contributed by atoms with E-state index in [0.29, 0.717) is 39.8 Å². The maximum absolute atomic E-state index is 13.5. The molecule has 0 radical (unpaired) electrons. The molecule has 6 heteroatoms. The van der Waals surface area contributed by atoms with Crippen molar-refractivity contribution < 1.29 is 14.3 Å². The van der Waals surface area contributed by atoms with Crippen LogP contribution in [0.5, 0.6) is 5.75 Å². The highest BCUT2D eigenvalue weighted by atomic mass is 35.5. The number of Topliss-reactive ketones (excluding diaryl/α,β-unsaturated/α-hetero) is 2. The smallest absolute Gasteiger partial charge is 0.162 e. The highest BCUT2D eigenvalue weighted by Gasteiger charge is 2.48. The molecule has 1 aliphatic heterocycles. The number of nitrogens with zero attached hydrogens (tertiary/aromatic N) is 1. The molecule has 0 atom stereocenters. The zero-order valence-electron chi connectivity index (χ0n) is 19.0. The van der Waals surface area contributed by atoms with Crippen LogP contribution < -0.4 is 4.74 Å². The average Bonchev–Trinajstić information content (AvgIpc) is 2.61. The molecule has 0 fully saturated rings. The second-order valence-electron chi connectivity index (χ2n) is 10.6. The van der Waals surface area contributed by atoms with E-state index in [1.165, 1.54) is 7.11 Å². The maximum Gasteiger partial charge on any atom is 0.162 e. The number of benzene rings is 1. The van der Waals surface area contributed by atoms with Crippen molar-refractivity contribution in [1.82, 2.24) is 4.90 Å². The predicted octanol–water partition coefficient (Wildman–Crippen LogP) is 6.32. The van der Waals surface area contributed by atoms with E-state index in [-0.39, 0.29) is 22.4 Å². The van der Waals surface area contributed by atoms with Gasteiger partial charge in [-0.25, -0.2) is 0 Å². The van der Waals surface area contributed by atoms with Crippen LogP contribution in [0.25, 0.3) is 0 Å². The number of allylic oxidation sites excluding steroid dienone is 4. The molecule has 4 rings (SSSR count). The zero-order valence-corrected chi connectivity index (χ0v) is 20.5. The van der Waals surface area contributed by atoms with Gasteiger partial charge in [-0.15, -0.1) is 0 Å². The van der Waals surface area contributed by atoms with E-state index >= 15 is 0 Å². The lowest BCUT2D eigenvalue weighted by Gasteiger charge is -2.48. The number of hydrogen-bond acceptors (Lipinski definition) is 4. The van der Waals surface area contributed by atoms with Gasteiger partial charge in [0.05, 0.1) is 17.2 Å². The lowest BCUT2D eigenvalue weighted by Crippen LogP contribution is -2.43. The molecule has 31 heavy (non-hydrogen) atoms. The summed E-state index contributed by atoms with van der Waals surface area (Å²) in [6.07, 6.45) is 2.47. The summed E-state index contributed by atoms with van der Waals surface area (Å²) in [4.78, 5) is 29.0. The van der Waals surface area contributed by atoms with Crippen LogP contribution in [0.3, 0.4) is 0 Å². The molecular formula is C25H29Cl2NO3. The molecule has 0 unspecified atom stereocenters. The summed E-state index contributed by atoms with van der Waals surface area (Å²) in [7, 11) is 3.52. The Morgan fingerprint density at radius 3 is 1.68 bits per heavy atom. The van der Waals surface area contributed by atoms with Gasteiger partial charge in [0.25, 0.3) is 0 Å². The van der Waals surface area contributed by atoms with Gasteiger partial charge >= 0.3 is 0 Å². The zero-order chi connectivity index (χ0) is 22.9. The molecule has 1 aromatic rings. The number of ketones is 2. The fourth-order valence-electron chi connectivity index (χ4n) is 5.44. The quantitative estimate of drug-likeness (QED) is 0.516. The summed E-state index contributed by atoms with van der Waals surface area (Å²) in [6, 6.07) is 3.58. The molecule has 166 valence electrons. The van der Waals surface area contributed by atoms with Crippen molar-refractivity contribution in [2.75, 3.05) is 14.2 Å². The van der Waals surface area contributed by atoms with Crippen molar-refractivity contribution in [3.63, 3.8) is 0 Å². The third kappa shape index (κ3) is 3.72. The Balaban J connectivity index is 1.99. The van der Waals surface area contributed by atoms with Crippen molar-refractivity contribution in [3.05, 3.63) is 50.3 Å². The summed E-state index contributed by atoms with van der Waals surface area (Å²) in [5.74, 6) is 0.135. The van der Waals surface area contributed by atoms with E-state index in [9.17, 15) is 9.59 Å². The lowest BCUT2D eigenvalue weighted by molar-refractivity contribution is -0.119. The predicted molar refractivity (Wildman–Crippen MR) is 124 cm³/mol. The van der Waals surface area contributed by atoms with E-state index in [0.717, 1.165) is 29.8 Å². The topological polar surface area (TPSA) is 46.6 Å². The van der Waals surface area contributed by atoms with E-state index in [1.807, 2.05) is 7.05 Å². The first-order valence-electron chi connectivity index (χ1n) is 10.6. The van der Waals surface area contributed by atoms with Crippen molar-refractivity contribution in [2.45, 2.75) is 59.3 Å². The first kappa shape index (κ1) is 22.4. The average molecular weight is 462 g/mol. The second-order valence-corrected chi connectivity index (χ2v) is 11.4. The normalized spacial score (nSPS) is 23.2. The fraction of sp³-hybridized carbons (Fsp3) is 0.520. The Morgan fingerprint density at radius 1 is 0.871 bits per heavy atom. The van der Waals surface area contributed by atoms with Crippen molar-refractivity contribution in [1.29, 1.82) is 0 Å². The standard InChI is InChI=1S/C25H29Cl2NO3/c1-24(2)9-16-21(18(29)11-24)20(13-7-14(26)23(31-6)15(27)8-13)22-17(28(16)5)10-25(3,4)12-19(22)30/h7-8,20H,9-12H2,1-6H3. The van der Waals surface area contributed by atoms with Crippen LogP contribution in [0.15, 0.2) is 34.7 Å². The van der Waals surface area contributed by atoms with Crippen LogP contribution >= 0.6 is 23.2 Å². The largest absolute Gasteiger partial charge is 0.494 e. The van der Waals surface area contributed by atoms with Crippen LogP contribution in [0.1, 0.15) is 64.9 Å². The summed E-state index contributed by atoms with van der Waals surface area (Å²) in [5, 5.41) is 0.751. The number of halogens is 2. The molecular weight excluding hydrogens is 433 g/mol. The van der Waals surface area contributed by atoms with Gasteiger partial charge in [-0.2, -0.15) is 0 Å². The minimum Gasteiger partial charge on any atom is -0.494 e. The van der Waals surface area contributed by atoms with Crippen LogP contribution in [0.2, 0.25) is 10.0 Å². The van der Waals surface area contributed by atoms with Gasteiger partial charge in [-0.1, -0.05) is 50.9 Å². The Bertz CT molecular complexity index is 988. The van der Waals surface area contributed by atoms with Gasteiger partial charge in [0.1, 0.15) is 0 Å². The monoisotopic (exact) mass is 461 g/mol. The summed E-state index contributed by atoms with van der Waals surface area (Å²) in [5.41, 5.74) is 3.96. The van der Waals surface area contributed by atoms with E-state index < -0.39 is 5.92 Å². The molecule has 0 bridgehead atoms. The highest BCUT2D eigenvalue weighted by molar-refractivity contribution is 6.37. The number of methoxy groups -OCH3 is 1. The fourth-order valence-corrected chi connectivity index (χ4v) is 6.10. The maximum atomic E-state index is 13.5. The summed E-state index contributed by atoms with van der Waals surface area (Å²) in [6.45, 7) is 8.49. The van der Waals surface area contributed by atoms with Crippen LogP contribution in [0.4, 0.5) is 0 Å². The van der Waals surface area contributed by atoms with Crippen molar-refractivity contribution in [2.24, 2.45) is 10.8 Å². The van der Waals surface area contributed by atoms with Crippen LogP contribution in [-0.4, -0.2) is 30.6 Å². The molecule has 0 aromatic heterocycles. The van der Waals surface area contributed by atoms with Gasteiger partial charge < -0.3 is 9.64 Å². The third-order valence-corrected chi connectivity index (χ3v) is 7.30. The molecule has 1 aromatic carbocycles. The van der Waals surface area contributed by atoms with E-state index in [1.54, 1.807) is 12.1 Å².